The van der Waals surface area contributed by atoms with Crippen LogP contribution < -0.4 is 10.5 Å². The molecule has 0 atom stereocenters. The Labute approximate surface area is 111 Å². The van der Waals surface area contributed by atoms with Gasteiger partial charge in [-0.1, -0.05) is 18.2 Å². The van der Waals surface area contributed by atoms with Crippen LogP contribution in [0, 0.1) is 0 Å². The van der Waals surface area contributed by atoms with Crippen LogP contribution in [0.3, 0.4) is 0 Å². The van der Waals surface area contributed by atoms with E-state index in [1.165, 1.54) is 0 Å². The summed E-state index contributed by atoms with van der Waals surface area (Å²) in [5, 5.41) is 1.08. The summed E-state index contributed by atoms with van der Waals surface area (Å²) < 4.78 is 5.35. The molecule has 0 amide bonds. The van der Waals surface area contributed by atoms with Gasteiger partial charge in [-0.25, -0.2) is 0 Å². The summed E-state index contributed by atoms with van der Waals surface area (Å²) in [7, 11) is 1.66. The first-order valence-corrected chi connectivity index (χ1v) is 6.07. The third-order valence-electron chi connectivity index (χ3n) is 3.17. The molecule has 2 N–H and O–H groups in total. The Morgan fingerprint density at radius 1 is 1.00 bits per heavy atom. The molecule has 1 heterocycles. The first kappa shape index (κ1) is 11.5. The predicted octanol–water partition coefficient (Wildman–Crippen LogP) is 3.49. The van der Waals surface area contributed by atoms with E-state index in [0.29, 0.717) is 0 Å². The zero-order valence-electron chi connectivity index (χ0n) is 10.6. The Morgan fingerprint density at radius 3 is 2.53 bits per heavy atom. The third kappa shape index (κ3) is 1.99. The van der Waals surface area contributed by atoms with Crippen LogP contribution in [0.4, 0.5) is 5.69 Å². The second-order valence-corrected chi connectivity index (χ2v) is 4.34. The zero-order chi connectivity index (χ0) is 13.2. The fourth-order valence-electron chi connectivity index (χ4n) is 2.23. The molecule has 0 radical (unpaired) electrons. The fraction of sp³-hybridized carbons (Fsp3) is 0.0625. The van der Waals surface area contributed by atoms with E-state index in [9.17, 15) is 0 Å². The summed E-state index contributed by atoms with van der Waals surface area (Å²) in [5.41, 5.74) is 9.62. The summed E-state index contributed by atoms with van der Waals surface area (Å²) in [4.78, 5) is 4.41. The van der Waals surface area contributed by atoms with E-state index in [1.54, 1.807) is 13.3 Å². The van der Waals surface area contributed by atoms with E-state index in [-0.39, 0.29) is 0 Å². The number of hydrogen-bond acceptors (Lipinski definition) is 3. The second-order valence-electron chi connectivity index (χ2n) is 4.34. The maximum absolute atomic E-state index is 5.73. The molecule has 3 rings (SSSR count). The van der Waals surface area contributed by atoms with Crippen molar-refractivity contribution < 1.29 is 4.74 Å². The van der Waals surface area contributed by atoms with Gasteiger partial charge in [0.1, 0.15) is 11.3 Å². The number of rotatable bonds is 2. The van der Waals surface area contributed by atoms with Gasteiger partial charge in [-0.05, 0) is 41.5 Å². The Balaban J connectivity index is 2.27. The summed E-state index contributed by atoms with van der Waals surface area (Å²) in [6.45, 7) is 0. The molecule has 3 heteroatoms. The van der Waals surface area contributed by atoms with Crippen LogP contribution in [0.15, 0.2) is 54.7 Å². The van der Waals surface area contributed by atoms with Crippen molar-refractivity contribution >= 4 is 16.6 Å². The van der Waals surface area contributed by atoms with Crippen LogP contribution in [-0.2, 0) is 0 Å². The summed E-state index contributed by atoms with van der Waals surface area (Å²) >= 11 is 0. The molecule has 0 aliphatic rings. The Bertz CT molecular complexity index is 720. The van der Waals surface area contributed by atoms with Crippen molar-refractivity contribution in [1.82, 2.24) is 4.98 Å². The first-order chi connectivity index (χ1) is 9.29. The minimum Gasteiger partial charge on any atom is -0.494 e. The highest BCUT2D eigenvalue weighted by atomic mass is 16.5. The van der Waals surface area contributed by atoms with Crippen molar-refractivity contribution in [2.75, 3.05) is 12.8 Å². The van der Waals surface area contributed by atoms with Crippen molar-refractivity contribution in [2.24, 2.45) is 0 Å². The molecular weight excluding hydrogens is 236 g/mol. The largest absolute Gasteiger partial charge is 0.494 e. The number of fused-ring (bicyclic) bond motifs is 1. The van der Waals surface area contributed by atoms with Crippen LogP contribution in [-0.4, -0.2) is 12.1 Å². The zero-order valence-corrected chi connectivity index (χ0v) is 10.6. The van der Waals surface area contributed by atoms with Crippen LogP contribution in [0.25, 0.3) is 22.0 Å². The molecule has 0 spiro atoms. The summed E-state index contributed by atoms with van der Waals surface area (Å²) in [5.74, 6) is 0.787. The average Bonchev–Trinajstić information content (AvgIpc) is 2.47. The van der Waals surface area contributed by atoms with Gasteiger partial charge in [0.15, 0.2) is 0 Å². The highest BCUT2D eigenvalue weighted by Gasteiger charge is 2.08. The van der Waals surface area contributed by atoms with Gasteiger partial charge in [-0.2, -0.15) is 0 Å². The number of pyridine rings is 1. The molecular formula is C16H14N2O. The smallest absolute Gasteiger partial charge is 0.145 e. The quantitative estimate of drug-likeness (QED) is 0.708. The topological polar surface area (TPSA) is 48.1 Å². The number of nitrogens with zero attached hydrogens (tertiary/aromatic N) is 1. The standard InChI is InChI=1S/C16H14N2O/c1-19-15-9-8-13(11-4-6-12(17)7-5-11)14-3-2-10-18-16(14)15/h2-10H,17H2,1H3. The van der Waals surface area contributed by atoms with Crippen molar-refractivity contribution in [3.63, 3.8) is 0 Å². The summed E-state index contributed by atoms with van der Waals surface area (Å²) in [6, 6.07) is 15.8. The lowest BCUT2D eigenvalue weighted by atomic mass is 10.00. The van der Waals surface area contributed by atoms with E-state index >= 15 is 0 Å². The predicted molar refractivity (Wildman–Crippen MR) is 78.1 cm³/mol. The van der Waals surface area contributed by atoms with Gasteiger partial charge in [0.25, 0.3) is 0 Å². The van der Waals surface area contributed by atoms with E-state index in [0.717, 1.165) is 33.5 Å². The van der Waals surface area contributed by atoms with Crippen LogP contribution in [0.1, 0.15) is 0 Å². The Kier molecular flexibility index (Phi) is 2.80. The molecule has 19 heavy (non-hydrogen) atoms. The first-order valence-electron chi connectivity index (χ1n) is 6.07. The number of aromatic nitrogens is 1. The van der Waals surface area contributed by atoms with Crippen molar-refractivity contribution in [3.8, 4) is 16.9 Å². The van der Waals surface area contributed by atoms with Crippen LogP contribution in [0.5, 0.6) is 5.75 Å². The van der Waals surface area contributed by atoms with Gasteiger partial charge in [-0.15, -0.1) is 0 Å². The maximum atomic E-state index is 5.73. The highest BCUT2D eigenvalue weighted by molar-refractivity contribution is 5.97. The molecule has 0 aliphatic carbocycles. The van der Waals surface area contributed by atoms with Crippen LogP contribution in [0.2, 0.25) is 0 Å². The number of hydrogen-bond donors (Lipinski definition) is 1. The number of methoxy groups -OCH3 is 1. The van der Waals surface area contributed by atoms with Crippen molar-refractivity contribution in [1.29, 1.82) is 0 Å². The lowest BCUT2D eigenvalue weighted by Gasteiger charge is -2.10. The maximum Gasteiger partial charge on any atom is 0.145 e. The van der Waals surface area contributed by atoms with E-state index in [4.69, 9.17) is 10.5 Å². The Morgan fingerprint density at radius 2 is 1.79 bits per heavy atom. The number of anilines is 1. The lowest BCUT2D eigenvalue weighted by molar-refractivity contribution is 0.419. The molecule has 1 aromatic heterocycles. The molecule has 0 aliphatic heterocycles. The SMILES string of the molecule is COc1ccc(-c2ccc(N)cc2)c2cccnc12. The molecule has 0 saturated heterocycles. The molecule has 3 aromatic rings. The molecule has 0 unspecified atom stereocenters. The van der Waals surface area contributed by atoms with Crippen LogP contribution >= 0.6 is 0 Å². The van der Waals surface area contributed by atoms with Gasteiger partial charge >= 0.3 is 0 Å². The molecule has 2 aromatic carbocycles. The second kappa shape index (κ2) is 4.61. The minimum absolute atomic E-state index is 0.764. The number of benzene rings is 2. The molecule has 94 valence electrons. The normalized spacial score (nSPS) is 10.6. The average molecular weight is 250 g/mol. The molecule has 0 saturated carbocycles. The van der Waals surface area contributed by atoms with Gasteiger partial charge in [0.2, 0.25) is 0 Å². The number of nitrogen functional groups attached to an aromatic ring is 1. The molecule has 3 nitrogen and oxygen atoms in total. The monoisotopic (exact) mass is 250 g/mol. The van der Waals surface area contributed by atoms with Crippen molar-refractivity contribution in [2.45, 2.75) is 0 Å². The fourth-order valence-corrected chi connectivity index (χ4v) is 2.23. The van der Waals surface area contributed by atoms with Gasteiger partial charge < -0.3 is 10.5 Å². The Hall–Kier alpha value is -2.55. The van der Waals surface area contributed by atoms with E-state index in [2.05, 4.69) is 11.1 Å². The number of ether oxygens (including phenoxy) is 1. The number of nitrogens with two attached hydrogens (primary N) is 1. The summed E-state index contributed by atoms with van der Waals surface area (Å²) in [6.07, 6.45) is 1.78. The molecule has 0 fully saturated rings. The van der Waals surface area contributed by atoms with E-state index < -0.39 is 0 Å². The molecule has 0 bridgehead atoms. The highest BCUT2D eigenvalue weighted by Crippen LogP contribution is 2.33. The van der Waals surface area contributed by atoms with Gasteiger partial charge in [-0.3, -0.25) is 4.98 Å². The third-order valence-corrected chi connectivity index (χ3v) is 3.17. The minimum atomic E-state index is 0.764. The van der Waals surface area contributed by atoms with Crippen molar-refractivity contribution in [3.05, 3.63) is 54.7 Å². The lowest BCUT2D eigenvalue weighted by Crippen LogP contribution is -1.90. The van der Waals surface area contributed by atoms with Gasteiger partial charge in [0.05, 0.1) is 7.11 Å². The van der Waals surface area contributed by atoms with E-state index in [1.807, 2.05) is 42.5 Å². The van der Waals surface area contributed by atoms with Gasteiger partial charge in [0, 0.05) is 17.3 Å².